The number of ether oxygens (including phenoxy) is 3. The molecule has 6 aromatic rings. The number of hydrogen-bond acceptors (Lipinski definition) is 15. The Balaban J connectivity index is 0.729. The van der Waals surface area contributed by atoms with Crippen molar-refractivity contribution in [1.29, 1.82) is 0 Å². The van der Waals surface area contributed by atoms with Gasteiger partial charge in [0.2, 0.25) is 23.7 Å². The molecular formula is C60H72ClF2N9O8S. The monoisotopic (exact) mass is 1150 g/mol. The number of Topliss-reactive ketones (excluding diaryl/α,β-unsaturated/α-hetero) is 1. The number of aromatic nitrogens is 3. The molecule has 17 nitrogen and oxygen atoms in total. The minimum absolute atomic E-state index is 0.0286. The summed E-state index contributed by atoms with van der Waals surface area (Å²) in [4.78, 5) is 74.4. The second kappa shape index (κ2) is 27.5. The number of halogens is 3. The van der Waals surface area contributed by atoms with E-state index in [2.05, 4.69) is 27.1 Å². The number of carbonyl (C=O) groups excluding carboxylic acids is 4. The zero-order valence-corrected chi connectivity index (χ0v) is 48.1. The first-order chi connectivity index (χ1) is 39.2. The van der Waals surface area contributed by atoms with Gasteiger partial charge < -0.3 is 49.6 Å². The molecule has 4 aromatic carbocycles. The zero-order chi connectivity index (χ0) is 57.2. The van der Waals surface area contributed by atoms with Gasteiger partial charge in [-0.25, -0.2) is 18.7 Å². The molecule has 4 heterocycles. The van der Waals surface area contributed by atoms with Gasteiger partial charge >= 0.3 is 0 Å². The number of hydrogen-bond donors (Lipinski definition) is 3. The van der Waals surface area contributed by atoms with E-state index < -0.39 is 22.9 Å². The average Bonchev–Trinajstić information content (AvgIpc) is 4.31. The summed E-state index contributed by atoms with van der Waals surface area (Å²) in [6.07, 6.45) is 7.45. The number of rotatable bonds is 24. The number of carbonyl (C=O) groups is 4. The van der Waals surface area contributed by atoms with Crippen molar-refractivity contribution in [1.82, 2.24) is 35.0 Å². The second-order valence-corrected chi connectivity index (χ2v) is 22.4. The van der Waals surface area contributed by atoms with Crippen LogP contribution in [-0.4, -0.2) is 157 Å². The van der Waals surface area contributed by atoms with E-state index in [0.717, 1.165) is 77.4 Å². The molecule has 81 heavy (non-hydrogen) atoms. The van der Waals surface area contributed by atoms with Crippen molar-refractivity contribution in [2.45, 2.75) is 83.7 Å². The molecule has 3 N–H and O–H groups in total. The minimum Gasteiger partial charge on any atom is -0.507 e. The minimum atomic E-state index is -0.950. The van der Waals surface area contributed by atoms with Crippen LogP contribution in [0.1, 0.15) is 82.7 Å². The first-order valence-electron chi connectivity index (χ1n) is 28.1. The number of aromatic hydroxyl groups is 1. The van der Waals surface area contributed by atoms with Gasteiger partial charge in [-0.3, -0.25) is 19.2 Å². The molecule has 9 rings (SSSR count). The number of nitrogens with zero attached hydrogens (tertiary/aromatic N) is 7. The number of phenols is 1. The fraction of sp³-hybridized carbons (Fsp3) is 0.483. The SMILES string of the molecule is CN[C@@H](C)C(=O)C[C@H](C(=O)N1CCC[C@H]1c1nc(-c2ccc(OCCOCCOCCN(C)C(=O)CCNc3nc(N4CCN(C(C)=O)CC4)c4cc(Cl)c(-c5c(O)cccc5F)c(F)c4n3)c3ccccc23)cs1)C1CCCCC1. The quantitative estimate of drug-likeness (QED) is 0.0485. The lowest BCUT2D eigenvalue weighted by atomic mass is 9.76. The van der Waals surface area contributed by atoms with Crippen molar-refractivity contribution in [3.05, 3.63) is 87.7 Å². The Morgan fingerprint density at radius 2 is 1.59 bits per heavy atom. The number of ketones is 1. The van der Waals surface area contributed by atoms with Crippen LogP contribution >= 0.6 is 22.9 Å². The molecule has 3 fully saturated rings. The molecule has 2 aliphatic heterocycles. The third kappa shape index (κ3) is 13.9. The molecule has 0 unspecified atom stereocenters. The third-order valence-corrected chi connectivity index (χ3v) is 17.2. The Bertz CT molecular complexity index is 3190. The molecule has 2 saturated heterocycles. The van der Waals surface area contributed by atoms with Crippen LogP contribution in [0.5, 0.6) is 11.5 Å². The molecule has 21 heteroatoms. The van der Waals surface area contributed by atoms with Crippen molar-refractivity contribution in [2.24, 2.45) is 11.8 Å². The standard InChI is InChI=1S/C60H72ClF2N9O8S/c1-37(64-3)50(75)35-43(39-12-6-5-7-13-39)59(77)72-23-11-17-48(72)58-66-47(36-81-58)41-19-20-51(42-15-9-8-14-40(41)42)80-33-32-79-31-30-78-29-28-69(4)52(76)21-22-65-60-67-56-44(57(68-60)71-26-24-70(25-27-71)38(2)73)34-45(61)53(55(56)63)54-46(62)16-10-18-49(54)74/h8-10,14-16,18-20,34,36-37,39,43,48,64,74H,5-7,11-13,17,21-33,35H2,1-4H3,(H,65,67,68)/t37-,43-,48-/m0/s1. The summed E-state index contributed by atoms with van der Waals surface area (Å²) >= 11 is 8.18. The molecular weight excluding hydrogens is 1080 g/mol. The molecule has 1 aliphatic carbocycles. The summed E-state index contributed by atoms with van der Waals surface area (Å²) in [6.45, 7) is 7.67. The van der Waals surface area contributed by atoms with Gasteiger partial charge in [-0.2, -0.15) is 4.98 Å². The number of amides is 3. The number of phenolic OH excluding ortho intramolecular Hbond substituents is 1. The molecule has 3 aliphatic rings. The number of anilines is 2. The summed E-state index contributed by atoms with van der Waals surface area (Å²) in [7, 11) is 3.46. The Labute approximate surface area is 480 Å². The van der Waals surface area contributed by atoms with Crippen LogP contribution in [0.3, 0.4) is 0 Å². The second-order valence-electron chi connectivity index (χ2n) is 21.1. The van der Waals surface area contributed by atoms with E-state index in [1.165, 1.54) is 31.5 Å². The van der Waals surface area contributed by atoms with Crippen LogP contribution < -0.4 is 20.3 Å². The van der Waals surface area contributed by atoms with Gasteiger partial charge in [0.15, 0.2) is 5.82 Å². The van der Waals surface area contributed by atoms with E-state index in [1.807, 2.05) is 47.1 Å². The van der Waals surface area contributed by atoms with Crippen molar-refractivity contribution >= 4 is 79.9 Å². The van der Waals surface area contributed by atoms with E-state index in [0.29, 0.717) is 71.5 Å². The van der Waals surface area contributed by atoms with Gasteiger partial charge in [-0.05, 0) is 81.3 Å². The van der Waals surface area contributed by atoms with Crippen LogP contribution in [0, 0.1) is 23.5 Å². The normalized spacial score (nSPS) is 16.7. The van der Waals surface area contributed by atoms with Gasteiger partial charge in [-0.1, -0.05) is 61.2 Å². The number of nitrogens with one attached hydrogen (secondary N) is 2. The van der Waals surface area contributed by atoms with Crippen LogP contribution in [0.15, 0.2) is 66.0 Å². The van der Waals surface area contributed by atoms with E-state index in [4.69, 9.17) is 35.8 Å². The van der Waals surface area contributed by atoms with Gasteiger partial charge in [-0.15, -0.1) is 11.3 Å². The van der Waals surface area contributed by atoms with E-state index in [1.54, 1.807) is 35.2 Å². The highest BCUT2D eigenvalue weighted by atomic mass is 35.5. The average molecular weight is 1150 g/mol. The maximum atomic E-state index is 16.5. The van der Waals surface area contributed by atoms with Crippen LogP contribution in [0.4, 0.5) is 20.5 Å². The third-order valence-electron chi connectivity index (χ3n) is 16.0. The van der Waals surface area contributed by atoms with E-state index in [-0.39, 0.29) is 101 Å². The molecule has 0 radical (unpaired) electrons. The predicted octanol–water partition coefficient (Wildman–Crippen LogP) is 9.68. The first-order valence-corrected chi connectivity index (χ1v) is 29.4. The largest absolute Gasteiger partial charge is 0.507 e. The van der Waals surface area contributed by atoms with Gasteiger partial charge in [0.05, 0.1) is 54.8 Å². The summed E-state index contributed by atoms with van der Waals surface area (Å²) in [5.74, 6) is -1.33. The molecule has 1 saturated carbocycles. The highest BCUT2D eigenvalue weighted by molar-refractivity contribution is 7.10. The maximum Gasteiger partial charge on any atom is 0.227 e. The van der Waals surface area contributed by atoms with Crippen molar-refractivity contribution in [3.8, 4) is 33.9 Å². The number of thiazole rings is 1. The fourth-order valence-corrected chi connectivity index (χ4v) is 12.5. The van der Waals surface area contributed by atoms with Crippen molar-refractivity contribution < 1.29 is 47.3 Å². The zero-order valence-electron chi connectivity index (χ0n) is 46.5. The number of piperazine rings is 1. The van der Waals surface area contributed by atoms with E-state index in [9.17, 15) is 24.3 Å². The molecule has 2 aromatic heterocycles. The number of benzene rings is 4. The van der Waals surface area contributed by atoms with Crippen LogP contribution in [0.25, 0.3) is 44.1 Å². The number of likely N-dealkylation sites (N-methyl/N-ethyl adjacent to an activating group) is 2. The summed E-state index contributed by atoms with van der Waals surface area (Å²) < 4.78 is 49.4. The van der Waals surface area contributed by atoms with Gasteiger partial charge in [0.1, 0.15) is 46.0 Å². The fourth-order valence-electron chi connectivity index (χ4n) is 11.3. The molecule has 3 atom stereocenters. The lowest BCUT2D eigenvalue weighted by molar-refractivity contribution is -0.141. The Morgan fingerprint density at radius 1 is 0.852 bits per heavy atom. The Hall–Kier alpha value is -6.58. The summed E-state index contributed by atoms with van der Waals surface area (Å²) in [5.41, 5.74) is 0.928. The lowest BCUT2D eigenvalue weighted by Gasteiger charge is -2.35. The molecule has 432 valence electrons. The molecule has 0 spiro atoms. The Kier molecular flexibility index (Phi) is 20.0. The van der Waals surface area contributed by atoms with Crippen molar-refractivity contribution in [3.63, 3.8) is 0 Å². The van der Waals surface area contributed by atoms with Crippen molar-refractivity contribution in [2.75, 3.05) is 103 Å². The number of likely N-dealkylation sites (tertiary alicyclic amines) is 1. The number of fused-ring (bicyclic) bond motifs is 2. The summed E-state index contributed by atoms with van der Waals surface area (Å²) in [5, 5.41) is 21.7. The smallest absolute Gasteiger partial charge is 0.227 e. The van der Waals surface area contributed by atoms with Crippen LogP contribution in [-0.2, 0) is 28.7 Å². The van der Waals surface area contributed by atoms with Gasteiger partial charge in [0.25, 0.3) is 0 Å². The van der Waals surface area contributed by atoms with Gasteiger partial charge in [0, 0.05) is 106 Å². The topological polar surface area (TPSA) is 192 Å². The van der Waals surface area contributed by atoms with Crippen LogP contribution in [0.2, 0.25) is 5.02 Å². The highest BCUT2D eigenvalue weighted by Gasteiger charge is 2.40. The molecule has 3 amide bonds. The maximum absolute atomic E-state index is 16.5. The summed E-state index contributed by atoms with van der Waals surface area (Å²) in [6, 6.07) is 16.8. The van der Waals surface area contributed by atoms with E-state index >= 15 is 8.78 Å². The Morgan fingerprint density at radius 3 is 2.33 bits per heavy atom. The lowest BCUT2D eigenvalue weighted by Crippen LogP contribution is -2.48. The highest BCUT2D eigenvalue weighted by Crippen LogP contribution is 2.44. The first kappa shape index (κ1) is 59.1. The predicted molar refractivity (Wildman–Crippen MR) is 311 cm³/mol. The molecule has 0 bridgehead atoms.